The average Bonchev–Trinajstić information content (AvgIpc) is 3.47. The van der Waals surface area contributed by atoms with Gasteiger partial charge in [-0.1, -0.05) is 12.1 Å². The van der Waals surface area contributed by atoms with E-state index in [4.69, 9.17) is 14.2 Å². The van der Waals surface area contributed by atoms with Gasteiger partial charge in [0.15, 0.2) is 17.3 Å². The van der Waals surface area contributed by atoms with Crippen LogP contribution in [0.25, 0.3) is 10.9 Å². The molecule has 10 heteroatoms. The maximum absolute atomic E-state index is 13.0. The fraction of sp³-hybridized carbons (Fsp3) is 0.360. The lowest BCUT2D eigenvalue weighted by Crippen LogP contribution is -2.28. The molecule has 0 unspecified atom stereocenters. The lowest BCUT2D eigenvalue weighted by molar-refractivity contribution is 0.173. The fourth-order valence-electron chi connectivity index (χ4n) is 4.43. The number of ether oxygens (including phenoxy) is 3. The molecule has 4 aromatic rings. The molecule has 0 fully saturated rings. The van der Waals surface area contributed by atoms with Crippen molar-refractivity contribution >= 4 is 10.9 Å². The smallest absolute Gasteiger partial charge is 0.252 e. The van der Waals surface area contributed by atoms with Crippen LogP contribution in [0.2, 0.25) is 0 Å². The minimum atomic E-state index is -0.0999. The Kier molecular flexibility index (Phi) is 6.47. The minimum absolute atomic E-state index is 0.0999. The lowest BCUT2D eigenvalue weighted by atomic mass is 10.0. The van der Waals surface area contributed by atoms with Crippen molar-refractivity contribution in [2.45, 2.75) is 40.0 Å². The molecule has 1 N–H and O–H groups in total. The zero-order valence-electron chi connectivity index (χ0n) is 20.1. The molecule has 0 spiro atoms. The van der Waals surface area contributed by atoms with Crippen LogP contribution in [-0.2, 0) is 30.9 Å². The van der Waals surface area contributed by atoms with Crippen molar-refractivity contribution in [3.63, 3.8) is 0 Å². The first-order chi connectivity index (χ1) is 17.0. The molecule has 2 aromatic heterocycles. The van der Waals surface area contributed by atoms with Crippen molar-refractivity contribution < 1.29 is 14.2 Å². The van der Waals surface area contributed by atoms with Crippen LogP contribution >= 0.6 is 0 Å². The molecule has 1 aliphatic heterocycles. The van der Waals surface area contributed by atoms with Crippen LogP contribution < -0.4 is 15.0 Å². The van der Waals surface area contributed by atoms with Crippen LogP contribution in [0.5, 0.6) is 11.5 Å². The van der Waals surface area contributed by atoms with Gasteiger partial charge in [-0.2, -0.15) is 0 Å². The molecule has 0 saturated heterocycles. The van der Waals surface area contributed by atoms with Gasteiger partial charge in [0.25, 0.3) is 5.56 Å². The van der Waals surface area contributed by atoms with Gasteiger partial charge in [0.05, 0.1) is 19.7 Å². The molecule has 5 rings (SSSR count). The van der Waals surface area contributed by atoms with E-state index in [0.717, 1.165) is 39.1 Å². The first-order valence-corrected chi connectivity index (χ1v) is 11.5. The Bertz CT molecular complexity index is 1410. The van der Waals surface area contributed by atoms with Crippen LogP contribution in [0.4, 0.5) is 0 Å². The number of benzene rings is 2. The van der Waals surface area contributed by atoms with Crippen LogP contribution in [0.3, 0.4) is 0 Å². The van der Waals surface area contributed by atoms with E-state index in [9.17, 15) is 4.79 Å². The highest BCUT2D eigenvalue weighted by molar-refractivity contribution is 5.83. The molecular weight excluding hydrogens is 448 g/mol. The maximum Gasteiger partial charge on any atom is 0.252 e. The van der Waals surface area contributed by atoms with E-state index in [-0.39, 0.29) is 12.4 Å². The first-order valence-electron chi connectivity index (χ1n) is 11.5. The van der Waals surface area contributed by atoms with Crippen molar-refractivity contribution in [2.75, 3.05) is 20.5 Å². The number of methoxy groups -OCH3 is 1. The molecule has 0 atom stereocenters. The van der Waals surface area contributed by atoms with E-state index in [1.807, 2.05) is 37.3 Å². The van der Waals surface area contributed by atoms with E-state index in [2.05, 4.69) is 38.4 Å². The number of aryl methyl sites for hydroxylation is 2. The number of tetrazole rings is 1. The van der Waals surface area contributed by atoms with Gasteiger partial charge < -0.3 is 19.2 Å². The van der Waals surface area contributed by atoms with Crippen LogP contribution in [-0.4, -0.2) is 50.6 Å². The summed E-state index contributed by atoms with van der Waals surface area (Å²) >= 11 is 0. The summed E-state index contributed by atoms with van der Waals surface area (Å²) in [5.74, 6) is 2.16. The molecule has 1 aliphatic rings. The predicted molar refractivity (Wildman–Crippen MR) is 129 cm³/mol. The van der Waals surface area contributed by atoms with Gasteiger partial charge in [-0.05, 0) is 65.2 Å². The number of fused-ring (bicyclic) bond motifs is 2. The van der Waals surface area contributed by atoms with Crippen molar-refractivity contribution in [1.82, 2.24) is 30.1 Å². The zero-order valence-corrected chi connectivity index (χ0v) is 20.1. The fourth-order valence-corrected chi connectivity index (χ4v) is 4.43. The summed E-state index contributed by atoms with van der Waals surface area (Å²) in [6.07, 6.45) is 0. The molecule has 0 radical (unpaired) electrons. The number of aromatic nitrogens is 5. The molecule has 2 aromatic carbocycles. The molecular formula is C25H28N6O4. The van der Waals surface area contributed by atoms with E-state index < -0.39 is 0 Å². The van der Waals surface area contributed by atoms with E-state index in [1.165, 1.54) is 0 Å². The number of hydrogen-bond acceptors (Lipinski definition) is 8. The normalized spacial score (nSPS) is 12.7. The predicted octanol–water partition coefficient (Wildman–Crippen LogP) is 2.71. The number of nitrogens with one attached hydrogen (secondary N) is 1. The summed E-state index contributed by atoms with van der Waals surface area (Å²) in [5.41, 5.74) is 4.71. The van der Waals surface area contributed by atoms with Crippen LogP contribution in [0.15, 0.2) is 41.2 Å². The van der Waals surface area contributed by atoms with Gasteiger partial charge in [0.2, 0.25) is 6.79 Å². The highest BCUT2D eigenvalue weighted by Gasteiger charge is 2.18. The van der Waals surface area contributed by atoms with E-state index in [0.29, 0.717) is 44.2 Å². The minimum Gasteiger partial charge on any atom is -0.454 e. The largest absolute Gasteiger partial charge is 0.454 e. The molecule has 0 bridgehead atoms. The summed E-state index contributed by atoms with van der Waals surface area (Å²) in [4.78, 5) is 18.2. The van der Waals surface area contributed by atoms with Gasteiger partial charge >= 0.3 is 0 Å². The Balaban J connectivity index is 1.47. The highest BCUT2D eigenvalue weighted by Crippen LogP contribution is 2.33. The van der Waals surface area contributed by atoms with Gasteiger partial charge in [-0.3, -0.25) is 9.69 Å². The second-order valence-electron chi connectivity index (χ2n) is 8.81. The molecule has 0 amide bonds. The number of pyridine rings is 1. The van der Waals surface area contributed by atoms with E-state index >= 15 is 0 Å². The molecule has 3 heterocycles. The Morgan fingerprint density at radius 2 is 1.94 bits per heavy atom. The summed E-state index contributed by atoms with van der Waals surface area (Å²) in [6, 6.07) is 12.0. The average molecular weight is 477 g/mol. The third-order valence-electron chi connectivity index (χ3n) is 6.11. The summed E-state index contributed by atoms with van der Waals surface area (Å²) in [5, 5.41) is 13.2. The van der Waals surface area contributed by atoms with Gasteiger partial charge in [-0.15, -0.1) is 5.10 Å². The zero-order chi connectivity index (χ0) is 24.4. The Morgan fingerprint density at radius 3 is 2.80 bits per heavy atom. The topological polar surface area (TPSA) is 107 Å². The Morgan fingerprint density at radius 1 is 1.09 bits per heavy atom. The van der Waals surface area contributed by atoms with Crippen molar-refractivity contribution in [1.29, 1.82) is 0 Å². The summed E-state index contributed by atoms with van der Waals surface area (Å²) < 4.78 is 17.9. The number of hydrogen-bond donors (Lipinski definition) is 1. The molecule has 0 saturated carbocycles. The number of rotatable bonds is 9. The molecule has 182 valence electrons. The quantitative estimate of drug-likeness (QED) is 0.393. The van der Waals surface area contributed by atoms with Gasteiger partial charge in [0.1, 0.15) is 0 Å². The highest BCUT2D eigenvalue weighted by atomic mass is 16.7. The lowest BCUT2D eigenvalue weighted by Gasteiger charge is -2.22. The standard InChI is InChI=1S/C25H28N6O4/c1-16-8-17(2)20-11-19(25(32)26-21(20)9-16)13-30(14-24-27-28-29-31(24)6-7-33-3)12-18-4-5-22-23(10-18)35-15-34-22/h4-5,8-11H,6-7,12-15H2,1-3H3,(H,26,32). The summed E-state index contributed by atoms with van der Waals surface area (Å²) in [7, 11) is 1.64. The second kappa shape index (κ2) is 9.85. The van der Waals surface area contributed by atoms with Gasteiger partial charge in [-0.25, -0.2) is 4.68 Å². The number of nitrogens with zero attached hydrogens (tertiary/aromatic N) is 5. The monoisotopic (exact) mass is 476 g/mol. The molecule has 0 aliphatic carbocycles. The van der Waals surface area contributed by atoms with Gasteiger partial charge in [0, 0.05) is 36.7 Å². The number of aromatic amines is 1. The van der Waals surface area contributed by atoms with Crippen LogP contribution in [0.1, 0.15) is 28.1 Å². The third kappa shape index (κ3) is 5.03. The third-order valence-corrected chi connectivity index (χ3v) is 6.11. The maximum atomic E-state index is 13.0. The SMILES string of the molecule is COCCn1nnnc1CN(Cc1ccc2c(c1)OCO2)Cc1cc2c(C)cc(C)cc2[nH]c1=O. The number of H-pyrrole nitrogens is 1. The van der Waals surface area contributed by atoms with Crippen LogP contribution in [0, 0.1) is 13.8 Å². The Labute approximate surface area is 202 Å². The first kappa shape index (κ1) is 23.0. The second-order valence-corrected chi connectivity index (χ2v) is 8.81. The van der Waals surface area contributed by atoms with Crippen molar-refractivity contribution in [3.8, 4) is 11.5 Å². The molecule has 10 nitrogen and oxygen atoms in total. The summed E-state index contributed by atoms with van der Waals surface area (Å²) in [6.45, 7) is 6.81. The Hall–Kier alpha value is -3.76. The van der Waals surface area contributed by atoms with Crippen molar-refractivity contribution in [3.05, 3.63) is 74.8 Å². The molecule has 35 heavy (non-hydrogen) atoms. The van der Waals surface area contributed by atoms with Crippen molar-refractivity contribution in [2.24, 2.45) is 0 Å². The van der Waals surface area contributed by atoms with E-state index in [1.54, 1.807) is 11.8 Å².